The lowest BCUT2D eigenvalue weighted by atomic mass is 9.82. The van der Waals surface area contributed by atoms with E-state index in [1.54, 1.807) is 7.05 Å². The van der Waals surface area contributed by atoms with Gasteiger partial charge in [-0.3, -0.25) is 14.3 Å². The molecule has 0 N–H and O–H groups in total. The zero-order chi connectivity index (χ0) is 13.5. The van der Waals surface area contributed by atoms with Crippen LogP contribution in [0.15, 0.2) is 6.20 Å². The maximum Gasteiger partial charge on any atom is 0.235 e. The largest absolute Gasteiger partial charge is 0.274 e. The van der Waals surface area contributed by atoms with E-state index in [9.17, 15) is 9.59 Å². The smallest absolute Gasteiger partial charge is 0.235 e. The third-order valence-corrected chi connectivity index (χ3v) is 2.90. The van der Waals surface area contributed by atoms with Crippen LogP contribution in [0.25, 0.3) is 0 Å². The van der Waals surface area contributed by atoms with E-state index in [-0.39, 0.29) is 41.5 Å². The molecule has 94 valence electrons. The Bertz CT molecular complexity index is 545. The molecule has 0 radical (unpaired) electrons. The molecule has 1 aliphatic rings. The summed E-state index contributed by atoms with van der Waals surface area (Å²) in [6, 6.07) is 1.95. The molecule has 1 fully saturated rings. The summed E-state index contributed by atoms with van der Waals surface area (Å²) in [5.74, 6) is -0.455. The second-order valence-electron chi connectivity index (χ2n) is 5.29. The van der Waals surface area contributed by atoms with Crippen molar-refractivity contribution in [3.05, 3.63) is 11.8 Å². The molecule has 0 unspecified atom stereocenters. The summed E-state index contributed by atoms with van der Waals surface area (Å²) in [5.41, 5.74) is -0.0920. The Morgan fingerprint density at radius 1 is 1.33 bits per heavy atom. The first-order chi connectivity index (χ1) is 8.34. The van der Waals surface area contributed by atoms with E-state index in [1.807, 2.05) is 19.9 Å². The van der Waals surface area contributed by atoms with E-state index in [2.05, 4.69) is 5.10 Å². The number of nitrogens with zero attached hydrogens (tertiary/aromatic N) is 4. The zero-order valence-electron chi connectivity index (χ0n) is 10.6. The van der Waals surface area contributed by atoms with Crippen LogP contribution in [0.5, 0.6) is 0 Å². The summed E-state index contributed by atoms with van der Waals surface area (Å²) in [6.45, 7) is 3.76. The number of piperidine rings is 1. The first-order valence-corrected chi connectivity index (χ1v) is 5.63. The molecule has 1 saturated heterocycles. The van der Waals surface area contributed by atoms with Gasteiger partial charge in [-0.1, -0.05) is 13.8 Å². The molecule has 6 nitrogen and oxygen atoms in total. The van der Waals surface area contributed by atoms with Crippen LogP contribution < -0.4 is 4.90 Å². The molecule has 0 saturated carbocycles. The van der Waals surface area contributed by atoms with Gasteiger partial charge in [-0.05, 0) is 5.41 Å². The number of hydrogen-bond acceptors (Lipinski definition) is 4. The lowest BCUT2D eigenvalue weighted by Crippen LogP contribution is -2.46. The summed E-state index contributed by atoms with van der Waals surface area (Å²) in [4.78, 5) is 25.1. The predicted molar refractivity (Wildman–Crippen MR) is 63.4 cm³/mol. The van der Waals surface area contributed by atoms with Gasteiger partial charge in [-0.2, -0.15) is 10.4 Å². The van der Waals surface area contributed by atoms with Crippen molar-refractivity contribution >= 4 is 17.6 Å². The number of imide groups is 1. The Hall–Kier alpha value is -2.16. The molecular formula is C12H14N4O2. The average Bonchev–Trinajstić information content (AvgIpc) is 2.56. The minimum absolute atomic E-state index is 0.144. The molecule has 18 heavy (non-hydrogen) atoms. The first-order valence-electron chi connectivity index (χ1n) is 5.63. The maximum atomic E-state index is 12.0. The van der Waals surface area contributed by atoms with Crippen molar-refractivity contribution in [2.75, 3.05) is 4.90 Å². The fraction of sp³-hybridized carbons (Fsp3) is 0.500. The van der Waals surface area contributed by atoms with Crippen molar-refractivity contribution in [3.8, 4) is 6.07 Å². The standard InChI is InChI=1S/C12H14N4O2/c1-12(2)4-9(17)16(10(18)5-12)11-8(6-13)7-15(3)14-11/h7H,4-5H2,1-3H3. The fourth-order valence-electron chi connectivity index (χ4n) is 2.14. The Morgan fingerprint density at radius 2 is 1.89 bits per heavy atom. The van der Waals surface area contributed by atoms with Crippen LogP contribution in [-0.2, 0) is 16.6 Å². The summed E-state index contributed by atoms with van der Waals surface area (Å²) < 4.78 is 1.42. The summed E-state index contributed by atoms with van der Waals surface area (Å²) >= 11 is 0. The molecule has 1 aromatic heterocycles. The number of aromatic nitrogens is 2. The number of carbonyl (C=O) groups is 2. The average molecular weight is 246 g/mol. The highest BCUT2D eigenvalue weighted by molar-refractivity contribution is 6.16. The molecular weight excluding hydrogens is 232 g/mol. The third kappa shape index (κ3) is 1.99. The lowest BCUT2D eigenvalue weighted by Gasteiger charge is -2.33. The van der Waals surface area contributed by atoms with Crippen molar-refractivity contribution in [2.45, 2.75) is 26.7 Å². The fourth-order valence-corrected chi connectivity index (χ4v) is 2.14. The van der Waals surface area contributed by atoms with Crippen LogP contribution in [0.3, 0.4) is 0 Å². The minimum atomic E-state index is -0.327. The van der Waals surface area contributed by atoms with E-state index in [4.69, 9.17) is 5.26 Å². The van der Waals surface area contributed by atoms with Crippen LogP contribution in [-0.4, -0.2) is 21.6 Å². The third-order valence-electron chi connectivity index (χ3n) is 2.90. The van der Waals surface area contributed by atoms with Gasteiger partial charge in [0.25, 0.3) is 0 Å². The number of nitriles is 1. The quantitative estimate of drug-likeness (QED) is 0.692. The number of carbonyl (C=O) groups excluding carboxylic acids is 2. The molecule has 6 heteroatoms. The molecule has 0 spiro atoms. The van der Waals surface area contributed by atoms with Gasteiger partial charge in [0.05, 0.1) is 0 Å². The molecule has 1 aromatic rings. The number of amides is 2. The van der Waals surface area contributed by atoms with Gasteiger partial charge in [0, 0.05) is 26.1 Å². The number of hydrogen-bond donors (Lipinski definition) is 0. The van der Waals surface area contributed by atoms with Gasteiger partial charge in [0.15, 0.2) is 5.82 Å². The van der Waals surface area contributed by atoms with Crippen molar-refractivity contribution in [1.29, 1.82) is 5.26 Å². The van der Waals surface area contributed by atoms with Gasteiger partial charge < -0.3 is 0 Å². The van der Waals surface area contributed by atoms with Crippen LogP contribution in [0.1, 0.15) is 32.3 Å². The van der Waals surface area contributed by atoms with Gasteiger partial charge in [-0.25, -0.2) is 4.90 Å². The number of anilines is 1. The second-order valence-corrected chi connectivity index (χ2v) is 5.29. The Balaban J connectivity index is 2.42. The normalized spacial score (nSPS) is 18.9. The molecule has 2 amide bonds. The van der Waals surface area contributed by atoms with Gasteiger partial charge in [-0.15, -0.1) is 0 Å². The molecule has 0 atom stereocenters. The highest BCUT2D eigenvalue weighted by Crippen LogP contribution is 2.34. The predicted octanol–water partition coefficient (Wildman–Crippen LogP) is 0.971. The second kappa shape index (κ2) is 3.95. The molecule has 1 aliphatic heterocycles. The molecule has 0 bridgehead atoms. The van der Waals surface area contributed by atoms with E-state index >= 15 is 0 Å². The summed E-state index contributed by atoms with van der Waals surface area (Å²) in [7, 11) is 1.65. The minimum Gasteiger partial charge on any atom is -0.274 e. The Labute approximate surface area is 105 Å². The lowest BCUT2D eigenvalue weighted by molar-refractivity contribution is -0.132. The van der Waals surface area contributed by atoms with Crippen molar-refractivity contribution < 1.29 is 9.59 Å². The van der Waals surface area contributed by atoms with Crippen molar-refractivity contribution in [1.82, 2.24) is 9.78 Å². The van der Waals surface area contributed by atoms with E-state index in [1.165, 1.54) is 10.9 Å². The number of rotatable bonds is 1. The Kier molecular flexibility index (Phi) is 2.70. The molecule has 0 aliphatic carbocycles. The number of aryl methyl sites for hydroxylation is 1. The topological polar surface area (TPSA) is 79.0 Å². The SMILES string of the molecule is Cn1cc(C#N)c(N2C(=O)CC(C)(C)CC2=O)n1. The van der Waals surface area contributed by atoms with Crippen LogP contribution in [0.4, 0.5) is 5.82 Å². The molecule has 0 aromatic carbocycles. The van der Waals surface area contributed by atoms with Gasteiger partial charge in [0.2, 0.25) is 11.8 Å². The summed E-state index contributed by atoms with van der Waals surface area (Å²) in [5, 5.41) is 13.0. The van der Waals surface area contributed by atoms with Crippen LogP contribution >= 0.6 is 0 Å². The molecule has 2 rings (SSSR count). The van der Waals surface area contributed by atoms with Crippen molar-refractivity contribution in [2.24, 2.45) is 12.5 Å². The van der Waals surface area contributed by atoms with Crippen LogP contribution in [0, 0.1) is 16.7 Å². The van der Waals surface area contributed by atoms with E-state index in [0.717, 1.165) is 4.90 Å². The zero-order valence-corrected chi connectivity index (χ0v) is 10.6. The van der Waals surface area contributed by atoms with Crippen LogP contribution in [0.2, 0.25) is 0 Å². The monoisotopic (exact) mass is 246 g/mol. The summed E-state index contributed by atoms with van der Waals surface area (Å²) in [6.07, 6.45) is 2.05. The molecule has 2 heterocycles. The maximum absolute atomic E-state index is 12.0. The van der Waals surface area contributed by atoms with E-state index < -0.39 is 0 Å². The van der Waals surface area contributed by atoms with Crippen molar-refractivity contribution in [3.63, 3.8) is 0 Å². The van der Waals surface area contributed by atoms with Gasteiger partial charge >= 0.3 is 0 Å². The van der Waals surface area contributed by atoms with E-state index in [0.29, 0.717) is 0 Å². The van der Waals surface area contributed by atoms with Gasteiger partial charge in [0.1, 0.15) is 11.6 Å². The highest BCUT2D eigenvalue weighted by Gasteiger charge is 2.40. The Morgan fingerprint density at radius 3 is 2.39 bits per heavy atom. The highest BCUT2D eigenvalue weighted by atomic mass is 16.2. The first kappa shape index (κ1) is 12.3.